The summed E-state index contributed by atoms with van der Waals surface area (Å²) in [5.74, 6) is 0. The minimum Gasteiger partial charge on any atom is -0.378 e. The van der Waals surface area contributed by atoms with E-state index < -0.39 is 0 Å². The Bertz CT molecular complexity index is 152. The summed E-state index contributed by atoms with van der Waals surface area (Å²) in [6.45, 7) is 1.81. The van der Waals surface area contributed by atoms with Gasteiger partial charge in [-0.3, -0.25) is 0 Å². The summed E-state index contributed by atoms with van der Waals surface area (Å²) >= 11 is 0. The first kappa shape index (κ1) is 7.32. The van der Waals surface area contributed by atoms with Crippen molar-refractivity contribution in [1.29, 1.82) is 0 Å². The Hall–Kier alpha value is -0.340. The highest BCUT2D eigenvalue weighted by molar-refractivity contribution is 4.99. The molecular weight excluding hydrogens is 138 g/mol. The number of rotatable bonds is 2. The van der Waals surface area contributed by atoms with E-state index in [-0.39, 0.29) is 0 Å². The molecule has 2 heteroatoms. The second-order valence-electron chi connectivity index (χ2n) is 3.37. The van der Waals surface area contributed by atoms with E-state index in [1.807, 2.05) is 0 Å². The molecule has 1 fully saturated rings. The van der Waals surface area contributed by atoms with E-state index in [4.69, 9.17) is 4.74 Å². The Morgan fingerprint density at radius 3 is 2.82 bits per heavy atom. The molecule has 11 heavy (non-hydrogen) atoms. The molecule has 0 aromatic carbocycles. The van der Waals surface area contributed by atoms with Crippen LogP contribution in [0.2, 0.25) is 0 Å². The monoisotopic (exact) mass is 153 g/mol. The van der Waals surface area contributed by atoms with Gasteiger partial charge in [-0.2, -0.15) is 0 Å². The van der Waals surface area contributed by atoms with Crippen molar-refractivity contribution < 1.29 is 4.74 Å². The van der Waals surface area contributed by atoms with Gasteiger partial charge in [0.05, 0.1) is 19.3 Å². The van der Waals surface area contributed by atoms with Crippen LogP contribution < -0.4 is 5.32 Å². The van der Waals surface area contributed by atoms with Crippen molar-refractivity contribution in [3.63, 3.8) is 0 Å². The Labute approximate surface area is 67.6 Å². The van der Waals surface area contributed by atoms with Gasteiger partial charge < -0.3 is 10.1 Å². The van der Waals surface area contributed by atoms with Crippen molar-refractivity contribution in [2.24, 2.45) is 0 Å². The Morgan fingerprint density at radius 1 is 1.36 bits per heavy atom. The van der Waals surface area contributed by atoms with Gasteiger partial charge in [-0.15, -0.1) is 0 Å². The molecule has 1 unspecified atom stereocenters. The van der Waals surface area contributed by atoms with Crippen LogP contribution in [0.5, 0.6) is 0 Å². The normalized spacial score (nSPS) is 31.8. The molecule has 2 rings (SSSR count). The lowest BCUT2D eigenvalue weighted by Crippen LogP contribution is -2.50. The maximum absolute atomic E-state index is 5.09. The van der Waals surface area contributed by atoms with Crippen molar-refractivity contribution >= 4 is 0 Å². The number of hydrogen-bond donors (Lipinski definition) is 1. The van der Waals surface area contributed by atoms with Crippen LogP contribution in [0.25, 0.3) is 0 Å². The molecule has 0 bridgehead atoms. The molecule has 62 valence electrons. The lowest BCUT2D eigenvalue weighted by Gasteiger charge is -2.31. The van der Waals surface area contributed by atoms with Gasteiger partial charge in [0.25, 0.3) is 0 Å². The van der Waals surface area contributed by atoms with Gasteiger partial charge in [-0.1, -0.05) is 12.2 Å². The molecule has 0 amide bonds. The summed E-state index contributed by atoms with van der Waals surface area (Å²) in [6.07, 6.45) is 8.47. The quantitative estimate of drug-likeness (QED) is 0.599. The van der Waals surface area contributed by atoms with Gasteiger partial charge in [0.15, 0.2) is 0 Å². The first-order valence-electron chi connectivity index (χ1n) is 4.45. The number of ether oxygens (including phenoxy) is 1. The van der Waals surface area contributed by atoms with Crippen LogP contribution >= 0.6 is 0 Å². The molecule has 1 atom stereocenters. The summed E-state index contributed by atoms with van der Waals surface area (Å²) in [5.41, 5.74) is 0. The average Bonchev–Trinajstić information content (AvgIpc) is 1.99. The molecule has 0 aromatic heterocycles. The third-order valence-electron chi connectivity index (χ3n) is 2.34. The first-order chi connectivity index (χ1) is 5.45. The molecule has 0 saturated carbocycles. The predicted octanol–water partition coefficient (Wildman–Crippen LogP) is 1.08. The van der Waals surface area contributed by atoms with Gasteiger partial charge in [0.1, 0.15) is 0 Å². The van der Waals surface area contributed by atoms with Crippen molar-refractivity contribution in [2.45, 2.75) is 31.3 Å². The number of hydrogen-bond acceptors (Lipinski definition) is 2. The van der Waals surface area contributed by atoms with Crippen LogP contribution in [0.15, 0.2) is 12.2 Å². The SMILES string of the molecule is C1=CC(NC2COC2)CCC1. The molecule has 0 radical (unpaired) electrons. The van der Waals surface area contributed by atoms with Crippen molar-refractivity contribution in [3.8, 4) is 0 Å². The maximum Gasteiger partial charge on any atom is 0.0643 e. The molecule has 2 nitrogen and oxygen atoms in total. The van der Waals surface area contributed by atoms with E-state index in [1.54, 1.807) is 0 Å². The molecule has 1 heterocycles. The van der Waals surface area contributed by atoms with Crippen molar-refractivity contribution in [1.82, 2.24) is 5.32 Å². The van der Waals surface area contributed by atoms with E-state index in [9.17, 15) is 0 Å². The van der Waals surface area contributed by atoms with Crippen LogP contribution in [0.4, 0.5) is 0 Å². The highest BCUT2D eigenvalue weighted by Crippen LogP contribution is 2.12. The third-order valence-corrected chi connectivity index (χ3v) is 2.34. The van der Waals surface area contributed by atoms with Gasteiger partial charge >= 0.3 is 0 Å². The van der Waals surface area contributed by atoms with Crippen LogP contribution in [0, 0.1) is 0 Å². The van der Waals surface area contributed by atoms with Crippen LogP contribution in [0.3, 0.4) is 0 Å². The van der Waals surface area contributed by atoms with Gasteiger partial charge in [-0.25, -0.2) is 0 Å². The molecule has 1 aliphatic carbocycles. The summed E-state index contributed by atoms with van der Waals surface area (Å²) in [6, 6.07) is 1.25. The minimum atomic E-state index is 0.623. The number of allylic oxidation sites excluding steroid dienone is 1. The fraction of sp³-hybridized carbons (Fsp3) is 0.778. The first-order valence-corrected chi connectivity index (χ1v) is 4.45. The van der Waals surface area contributed by atoms with Crippen molar-refractivity contribution in [3.05, 3.63) is 12.2 Å². The average molecular weight is 153 g/mol. The zero-order valence-corrected chi connectivity index (χ0v) is 6.75. The van der Waals surface area contributed by atoms with Crippen LogP contribution in [-0.2, 0) is 4.74 Å². The summed E-state index contributed by atoms with van der Waals surface area (Å²) < 4.78 is 5.09. The molecule has 1 aliphatic heterocycles. The molecule has 1 saturated heterocycles. The summed E-state index contributed by atoms with van der Waals surface area (Å²) in [7, 11) is 0. The summed E-state index contributed by atoms with van der Waals surface area (Å²) in [4.78, 5) is 0. The highest BCUT2D eigenvalue weighted by Gasteiger charge is 2.20. The molecule has 0 aromatic rings. The van der Waals surface area contributed by atoms with E-state index in [0.717, 1.165) is 13.2 Å². The molecule has 0 spiro atoms. The van der Waals surface area contributed by atoms with E-state index in [0.29, 0.717) is 12.1 Å². The van der Waals surface area contributed by atoms with Gasteiger partial charge in [0.2, 0.25) is 0 Å². The fourth-order valence-corrected chi connectivity index (χ4v) is 1.59. The Balaban J connectivity index is 1.75. The maximum atomic E-state index is 5.09. The standard InChI is InChI=1S/C9H15NO/c1-2-4-8(5-3-1)10-9-6-11-7-9/h2,4,8-10H,1,3,5-7H2. The number of nitrogens with one attached hydrogen (secondary N) is 1. The van der Waals surface area contributed by atoms with E-state index in [2.05, 4.69) is 17.5 Å². The zero-order chi connectivity index (χ0) is 7.52. The second-order valence-corrected chi connectivity index (χ2v) is 3.37. The van der Waals surface area contributed by atoms with Gasteiger partial charge in [0, 0.05) is 6.04 Å². The van der Waals surface area contributed by atoms with Crippen LogP contribution in [0.1, 0.15) is 19.3 Å². The molecular formula is C9H15NO. The van der Waals surface area contributed by atoms with E-state index >= 15 is 0 Å². The predicted molar refractivity (Wildman–Crippen MR) is 44.5 cm³/mol. The Kier molecular flexibility index (Phi) is 2.24. The lowest BCUT2D eigenvalue weighted by molar-refractivity contribution is -0.00837. The zero-order valence-electron chi connectivity index (χ0n) is 6.75. The third kappa shape index (κ3) is 1.82. The lowest BCUT2D eigenvalue weighted by atomic mass is 10.0. The summed E-state index contributed by atoms with van der Waals surface area (Å²) in [5, 5.41) is 3.54. The fourth-order valence-electron chi connectivity index (χ4n) is 1.59. The Morgan fingerprint density at radius 2 is 2.27 bits per heavy atom. The smallest absolute Gasteiger partial charge is 0.0643 e. The van der Waals surface area contributed by atoms with Crippen LogP contribution in [-0.4, -0.2) is 25.3 Å². The van der Waals surface area contributed by atoms with E-state index in [1.165, 1.54) is 19.3 Å². The van der Waals surface area contributed by atoms with Gasteiger partial charge in [-0.05, 0) is 19.3 Å². The highest BCUT2D eigenvalue weighted by atomic mass is 16.5. The largest absolute Gasteiger partial charge is 0.378 e. The molecule has 1 N–H and O–H groups in total. The topological polar surface area (TPSA) is 21.3 Å². The molecule has 2 aliphatic rings. The minimum absolute atomic E-state index is 0.623. The van der Waals surface area contributed by atoms with Crippen molar-refractivity contribution in [2.75, 3.05) is 13.2 Å². The second kappa shape index (κ2) is 3.37.